The smallest absolute Gasteiger partial charge is 0.240 e. The van der Waals surface area contributed by atoms with E-state index in [0.29, 0.717) is 15.3 Å². The fourth-order valence-corrected chi connectivity index (χ4v) is 5.05. The predicted octanol–water partition coefficient (Wildman–Crippen LogP) is 4.28. The highest BCUT2D eigenvalue weighted by Gasteiger charge is 2.49. The summed E-state index contributed by atoms with van der Waals surface area (Å²) in [5.74, 6) is 0.212. The van der Waals surface area contributed by atoms with Gasteiger partial charge < -0.3 is 4.43 Å². The average molecular weight is 302 g/mol. The van der Waals surface area contributed by atoms with Crippen molar-refractivity contribution >= 4 is 9.76 Å². The molecule has 0 fully saturated rings. The van der Waals surface area contributed by atoms with Gasteiger partial charge in [0, 0.05) is 11.5 Å². The van der Waals surface area contributed by atoms with Crippen molar-refractivity contribution in [2.24, 2.45) is 0 Å². The number of hydrogen-bond acceptors (Lipinski definition) is 1. The van der Waals surface area contributed by atoms with Crippen molar-refractivity contribution in [2.75, 3.05) is 0 Å². The molecule has 0 N–H and O–H groups in total. The molecule has 0 aromatic heterocycles. The molecule has 2 aliphatic carbocycles. The molecule has 3 unspecified atom stereocenters. The molecule has 2 aliphatic rings. The van der Waals surface area contributed by atoms with Crippen LogP contribution in [-0.2, 0) is 16.4 Å². The molecule has 0 amide bonds. The normalized spacial score (nSPS) is 27.8. The predicted molar refractivity (Wildman–Crippen MR) is 91.0 cm³/mol. The molecule has 0 heterocycles. The molecule has 3 atom stereocenters. The Morgan fingerprint density at radius 3 is 2.50 bits per heavy atom. The summed E-state index contributed by atoms with van der Waals surface area (Å²) in [5.41, 5.74) is 5.62. The van der Waals surface area contributed by atoms with Gasteiger partial charge in [0.2, 0.25) is 9.76 Å². The number of rotatable bonds is 5. The highest BCUT2D eigenvalue weighted by atomic mass is 28.2. The molecule has 0 bridgehead atoms. The maximum atomic E-state index is 6.44. The fraction of sp³-hybridized carbons (Fsp3) is 0.200. The lowest BCUT2D eigenvalue weighted by atomic mass is 9.64. The zero-order valence-electron chi connectivity index (χ0n) is 12.5. The van der Waals surface area contributed by atoms with Crippen molar-refractivity contribution in [2.45, 2.75) is 23.5 Å². The van der Waals surface area contributed by atoms with Crippen molar-refractivity contribution in [1.82, 2.24) is 0 Å². The molecule has 4 rings (SSSR count). The van der Waals surface area contributed by atoms with Gasteiger partial charge in [-0.3, -0.25) is 0 Å². The van der Waals surface area contributed by atoms with Gasteiger partial charge in [0.15, 0.2) is 0 Å². The Hall–Kier alpha value is -1.90. The third-order valence-corrected chi connectivity index (χ3v) is 6.20. The van der Waals surface area contributed by atoms with E-state index >= 15 is 0 Å². The molecular formula is C20H18OSi. The molecule has 0 saturated heterocycles. The zero-order valence-corrected chi connectivity index (χ0v) is 13.5. The van der Waals surface area contributed by atoms with E-state index in [0.717, 1.165) is 6.42 Å². The molecule has 2 radical (unpaired) electrons. The molecule has 108 valence electrons. The molecule has 1 nitrogen and oxygen atoms in total. The summed E-state index contributed by atoms with van der Waals surface area (Å²) in [6.07, 6.45) is 5.07. The molecular weight excluding hydrogens is 284 g/mol. The SMILES string of the molecule is C=CC1c2ccccc2C1(C=C)O[Si]C1Cc2ccccc21. The first-order valence-corrected chi connectivity index (χ1v) is 8.65. The minimum atomic E-state index is -0.388. The molecule has 0 spiro atoms. The Bertz CT molecular complexity index is 751. The molecule has 22 heavy (non-hydrogen) atoms. The second-order valence-corrected chi connectivity index (χ2v) is 7.11. The van der Waals surface area contributed by atoms with Crippen molar-refractivity contribution in [3.05, 3.63) is 96.1 Å². The van der Waals surface area contributed by atoms with Crippen molar-refractivity contribution in [3.8, 4) is 0 Å². The lowest BCUT2D eigenvalue weighted by molar-refractivity contribution is 0.0775. The highest BCUT2D eigenvalue weighted by molar-refractivity contribution is 6.31. The van der Waals surface area contributed by atoms with Crippen LogP contribution in [0.2, 0.25) is 0 Å². The van der Waals surface area contributed by atoms with E-state index in [4.69, 9.17) is 4.43 Å². The summed E-state index contributed by atoms with van der Waals surface area (Å²) >= 11 is 0. The van der Waals surface area contributed by atoms with Crippen molar-refractivity contribution in [1.29, 1.82) is 0 Å². The zero-order chi connectivity index (χ0) is 15.2. The Labute approximate surface area is 134 Å². The lowest BCUT2D eigenvalue weighted by Crippen LogP contribution is -2.45. The second-order valence-electron chi connectivity index (χ2n) is 5.97. The number of hydrogen-bond donors (Lipinski definition) is 0. The topological polar surface area (TPSA) is 9.23 Å². The Balaban J connectivity index is 1.57. The van der Waals surface area contributed by atoms with Gasteiger partial charge in [0.25, 0.3) is 0 Å². The molecule has 0 saturated carbocycles. The molecule has 2 heteroatoms. The van der Waals surface area contributed by atoms with E-state index in [-0.39, 0.29) is 11.5 Å². The van der Waals surface area contributed by atoms with Crippen LogP contribution in [0.5, 0.6) is 0 Å². The van der Waals surface area contributed by atoms with Gasteiger partial charge in [-0.15, -0.1) is 6.58 Å². The van der Waals surface area contributed by atoms with E-state index in [9.17, 15) is 0 Å². The molecule has 2 aromatic rings. The van der Waals surface area contributed by atoms with Crippen LogP contribution in [0.15, 0.2) is 73.8 Å². The van der Waals surface area contributed by atoms with E-state index in [2.05, 4.69) is 61.7 Å². The van der Waals surface area contributed by atoms with Gasteiger partial charge in [0.1, 0.15) is 5.60 Å². The maximum Gasteiger partial charge on any atom is 0.240 e. The monoisotopic (exact) mass is 302 g/mol. The van der Waals surface area contributed by atoms with E-state index in [1.165, 1.54) is 22.3 Å². The summed E-state index contributed by atoms with van der Waals surface area (Å²) in [6, 6.07) is 17.1. The van der Waals surface area contributed by atoms with Crippen LogP contribution >= 0.6 is 0 Å². The van der Waals surface area contributed by atoms with Crippen LogP contribution < -0.4 is 0 Å². The van der Waals surface area contributed by atoms with Gasteiger partial charge >= 0.3 is 0 Å². The molecule has 2 aromatic carbocycles. The van der Waals surface area contributed by atoms with Gasteiger partial charge in [0.05, 0.1) is 0 Å². The quantitative estimate of drug-likeness (QED) is 0.591. The summed E-state index contributed by atoms with van der Waals surface area (Å²) in [5, 5.41) is 0. The van der Waals surface area contributed by atoms with Crippen LogP contribution in [-0.4, -0.2) is 9.76 Å². The van der Waals surface area contributed by atoms with Gasteiger partial charge in [-0.25, -0.2) is 0 Å². The van der Waals surface area contributed by atoms with Crippen LogP contribution in [0.25, 0.3) is 0 Å². The summed E-state index contributed by atoms with van der Waals surface area (Å²) in [7, 11) is 0.458. The summed E-state index contributed by atoms with van der Waals surface area (Å²) < 4.78 is 6.44. The Morgan fingerprint density at radius 1 is 1.05 bits per heavy atom. The minimum Gasteiger partial charge on any atom is -0.403 e. The van der Waals surface area contributed by atoms with Crippen molar-refractivity contribution < 1.29 is 4.43 Å². The molecule has 0 aliphatic heterocycles. The van der Waals surface area contributed by atoms with Crippen LogP contribution in [0.4, 0.5) is 0 Å². The average Bonchev–Trinajstić information content (AvgIpc) is 2.53. The van der Waals surface area contributed by atoms with E-state index in [1.54, 1.807) is 0 Å². The second kappa shape index (κ2) is 5.08. The van der Waals surface area contributed by atoms with Gasteiger partial charge in [-0.1, -0.05) is 67.3 Å². The standard InChI is InChI=1S/C20H18OSi/c1-3-17-16-11-7-8-12-18(16)20(17,4-2)21-22-19-13-14-9-5-6-10-15(14)19/h3-12,17,19H,1-2,13H2. The van der Waals surface area contributed by atoms with Crippen LogP contribution in [0.1, 0.15) is 33.7 Å². The highest BCUT2D eigenvalue weighted by Crippen LogP contribution is 2.54. The largest absolute Gasteiger partial charge is 0.403 e. The third kappa shape index (κ3) is 1.74. The minimum absolute atomic E-state index is 0.212. The van der Waals surface area contributed by atoms with Crippen LogP contribution in [0.3, 0.4) is 0 Å². The van der Waals surface area contributed by atoms with E-state index in [1.807, 2.05) is 12.2 Å². The van der Waals surface area contributed by atoms with E-state index < -0.39 is 0 Å². The van der Waals surface area contributed by atoms with Crippen LogP contribution in [0, 0.1) is 0 Å². The summed E-state index contributed by atoms with van der Waals surface area (Å²) in [6.45, 7) is 8.05. The first kappa shape index (κ1) is 13.7. The Kier molecular flexibility index (Phi) is 3.17. The maximum absolute atomic E-state index is 6.44. The third-order valence-electron chi connectivity index (χ3n) is 4.94. The Morgan fingerprint density at radius 2 is 1.77 bits per heavy atom. The van der Waals surface area contributed by atoms with Gasteiger partial charge in [-0.2, -0.15) is 0 Å². The van der Waals surface area contributed by atoms with Crippen molar-refractivity contribution in [3.63, 3.8) is 0 Å². The lowest BCUT2D eigenvalue weighted by Gasteiger charge is -2.49. The first-order chi connectivity index (χ1) is 10.8. The fourth-order valence-electron chi connectivity index (χ4n) is 3.68. The number of benzene rings is 2. The first-order valence-electron chi connectivity index (χ1n) is 7.67. The summed E-state index contributed by atoms with van der Waals surface area (Å²) in [4.78, 5) is 0. The number of fused-ring (bicyclic) bond motifs is 2. The van der Waals surface area contributed by atoms with Gasteiger partial charge in [-0.05, 0) is 28.7 Å².